The number of nitrogens with one attached hydrogen (secondary N) is 2. The zero-order valence-corrected chi connectivity index (χ0v) is 15.0. The van der Waals surface area contributed by atoms with Gasteiger partial charge in [0.25, 0.3) is 0 Å². The topological polar surface area (TPSA) is 130 Å². The first kappa shape index (κ1) is 20.3. The first-order chi connectivity index (χ1) is 10.7. The van der Waals surface area contributed by atoms with Crippen molar-refractivity contribution in [1.29, 1.82) is 0 Å². The van der Waals surface area contributed by atoms with E-state index in [1.54, 1.807) is 0 Å². The molecule has 1 aromatic rings. The minimum absolute atomic E-state index is 0.0394. The molecule has 0 unspecified atom stereocenters. The Kier molecular flexibility index (Phi) is 5.95. The summed E-state index contributed by atoms with van der Waals surface area (Å²) in [5.41, 5.74) is -1.43. The molecule has 0 aliphatic rings. The molecule has 0 saturated carbocycles. The Morgan fingerprint density at radius 1 is 1.25 bits per heavy atom. The zero-order chi connectivity index (χ0) is 18.8. The Balaban J connectivity index is 3.03. The highest BCUT2D eigenvalue weighted by Crippen LogP contribution is 2.22. The Morgan fingerprint density at radius 2 is 1.83 bits per heavy atom. The average molecular weight is 382 g/mol. The van der Waals surface area contributed by atoms with Crippen LogP contribution in [0.3, 0.4) is 0 Å². The van der Waals surface area contributed by atoms with Gasteiger partial charge >= 0.3 is 5.97 Å². The molecule has 3 N–H and O–H groups in total. The van der Waals surface area contributed by atoms with Crippen LogP contribution >= 0.6 is 0 Å². The van der Waals surface area contributed by atoms with Gasteiger partial charge in [0.05, 0.1) is 16.8 Å². The lowest BCUT2D eigenvalue weighted by atomic mass is 10.0. The first-order valence-electron chi connectivity index (χ1n) is 6.75. The molecule has 24 heavy (non-hydrogen) atoms. The predicted molar refractivity (Wildman–Crippen MR) is 86.1 cm³/mol. The van der Waals surface area contributed by atoms with Crippen molar-refractivity contribution in [3.8, 4) is 0 Å². The molecule has 0 aromatic heterocycles. The van der Waals surface area contributed by atoms with Crippen LogP contribution in [0.25, 0.3) is 0 Å². The number of carbonyl (C=O) groups is 1. The fourth-order valence-corrected chi connectivity index (χ4v) is 3.86. The van der Waals surface area contributed by atoms with Gasteiger partial charge in [-0.25, -0.2) is 25.9 Å². The van der Waals surface area contributed by atoms with E-state index in [9.17, 15) is 26.0 Å². The number of hydrogen-bond acceptors (Lipinski definition) is 5. The van der Waals surface area contributed by atoms with Crippen LogP contribution in [-0.4, -0.2) is 39.7 Å². The highest BCUT2D eigenvalue weighted by molar-refractivity contribution is 7.92. The Hall–Kier alpha value is -1.72. The van der Waals surface area contributed by atoms with E-state index in [0.717, 1.165) is 18.4 Å². The van der Waals surface area contributed by atoms with E-state index in [4.69, 9.17) is 5.11 Å². The zero-order valence-electron chi connectivity index (χ0n) is 13.3. The van der Waals surface area contributed by atoms with Gasteiger partial charge in [-0.3, -0.25) is 9.52 Å². The summed E-state index contributed by atoms with van der Waals surface area (Å²) in [4.78, 5) is 10.2. The second-order valence-corrected chi connectivity index (χ2v) is 9.33. The van der Waals surface area contributed by atoms with Crippen LogP contribution in [0, 0.1) is 5.82 Å². The Bertz CT molecular complexity index is 834. The molecule has 0 saturated heterocycles. The summed E-state index contributed by atoms with van der Waals surface area (Å²) < 4.78 is 64.9. The molecule has 0 bridgehead atoms. The van der Waals surface area contributed by atoms with E-state index in [0.29, 0.717) is 6.07 Å². The van der Waals surface area contributed by atoms with Crippen molar-refractivity contribution >= 4 is 31.7 Å². The Labute approximate surface area is 140 Å². The van der Waals surface area contributed by atoms with Crippen molar-refractivity contribution in [2.75, 3.05) is 11.0 Å². The van der Waals surface area contributed by atoms with Gasteiger partial charge in [-0.15, -0.1) is 0 Å². The predicted octanol–water partition coefficient (Wildman–Crippen LogP) is 1.12. The molecule has 0 radical (unpaired) electrons. The molecule has 0 aliphatic heterocycles. The van der Waals surface area contributed by atoms with Crippen LogP contribution in [0.2, 0.25) is 0 Å². The van der Waals surface area contributed by atoms with Gasteiger partial charge in [-0.2, -0.15) is 0 Å². The summed E-state index contributed by atoms with van der Waals surface area (Å²) in [6, 6.07) is 2.73. The number of anilines is 1. The lowest BCUT2D eigenvalue weighted by molar-refractivity contribution is -0.137. The lowest BCUT2D eigenvalue weighted by Gasteiger charge is -2.25. The summed E-state index contributed by atoms with van der Waals surface area (Å²) in [5, 5.41) is 8.67. The fraction of sp³-hybridized carbons (Fsp3) is 0.462. The smallest absolute Gasteiger partial charge is 0.303 e. The maximum absolute atomic E-state index is 13.9. The van der Waals surface area contributed by atoms with Crippen molar-refractivity contribution in [3.05, 3.63) is 24.0 Å². The number of hydrogen-bond donors (Lipinski definition) is 3. The number of aliphatic carboxylic acids is 1. The monoisotopic (exact) mass is 382 g/mol. The van der Waals surface area contributed by atoms with Gasteiger partial charge in [0.15, 0.2) is 0 Å². The minimum atomic E-state index is -4.11. The van der Waals surface area contributed by atoms with E-state index in [2.05, 4.69) is 4.72 Å². The summed E-state index contributed by atoms with van der Waals surface area (Å²) in [7, 11) is -7.81. The van der Waals surface area contributed by atoms with Crippen LogP contribution in [0.15, 0.2) is 23.1 Å². The van der Waals surface area contributed by atoms with Crippen LogP contribution < -0.4 is 9.44 Å². The van der Waals surface area contributed by atoms with E-state index in [1.165, 1.54) is 13.8 Å². The summed E-state index contributed by atoms with van der Waals surface area (Å²) in [6.07, 6.45) is 0.641. The highest BCUT2D eigenvalue weighted by Gasteiger charge is 2.27. The van der Waals surface area contributed by atoms with Crippen molar-refractivity contribution in [3.63, 3.8) is 0 Å². The van der Waals surface area contributed by atoms with Crippen molar-refractivity contribution < 1.29 is 31.1 Å². The van der Waals surface area contributed by atoms with E-state index >= 15 is 0 Å². The summed E-state index contributed by atoms with van der Waals surface area (Å²) in [5.74, 6) is -2.11. The number of halogens is 1. The van der Waals surface area contributed by atoms with Crippen LogP contribution in [0.1, 0.15) is 26.7 Å². The van der Waals surface area contributed by atoms with E-state index in [-0.39, 0.29) is 18.5 Å². The molecule has 0 spiro atoms. The molecular formula is C13H19FN2O6S2. The lowest BCUT2D eigenvalue weighted by Crippen LogP contribution is -2.43. The molecule has 0 amide bonds. The maximum Gasteiger partial charge on any atom is 0.303 e. The van der Waals surface area contributed by atoms with Crippen LogP contribution in [-0.2, 0) is 24.8 Å². The summed E-state index contributed by atoms with van der Waals surface area (Å²) >= 11 is 0. The molecule has 8 nitrogen and oxygen atoms in total. The van der Waals surface area contributed by atoms with Gasteiger partial charge < -0.3 is 5.11 Å². The van der Waals surface area contributed by atoms with E-state index in [1.807, 2.05) is 4.72 Å². The van der Waals surface area contributed by atoms with Crippen LogP contribution in [0.5, 0.6) is 0 Å². The normalized spacial score (nSPS) is 12.8. The number of sulfonamides is 2. The molecule has 11 heteroatoms. The summed E-state index contributed by atoms with van der Waals surface area (Å²) in [6.45, 7) is 3.01. The molecule has 136 valence electrons. The third kappa shape index (κ3) is 6.42. The molecule has 0 aliphatic carbocycles. The van der Waals surface area contributed by atoms with Gasteiger partial charge in [0, 0.05) is 12.0 Å². The standard InChI is InChI=1S/C13H19FN2O6S2/c1-13(2,7-6-12(17)18)16-24(21,22)9-4-5-11(10(14)8-9)15-23(3,19)20/h4-5,8,15-16H,6-7H2,1-3H3,(H,17,18). The number of rotatable bonds is 8. The van der Waals surface area contributed by atoms with Crippen molar-refractivity contribution in [2.45, 2.75) is 37.1 Å². The number of benzene rings is 1. The third-order valence-corrected chi connectivity index (χ3v) is 5.21. The molecule has 0 fully saturated rings. The molecule has 1 aromatic carbocycles. The highest BCUT2D eigenvalue weighted by atomic mass is 32.2. The largest absolute Gasteiger partial charge is 0.481 e. The molecular weight excluding hydrogens is 363 g/mol. The van der Waals surface area contributed by atoms with Gasteiger partial charge in [0.2, 0.25) is 20.0 Å². The minimum Gasteiger partial charge on any atom is -0.481 e. The SMILES string of the molecule is CC(C)(CCC(=O)O)NS(=O)(=O)c1ccc(NS(C)(=O)=O)c(F)c1. The average Bonchev–Trinajstić information content (AvgIpc) is 2.36. The van der Waals surface area contributed by atoms with Crippen molar-refractivity contribution in [2.24, 2.45) is 0 Å². The number of carboxylic acid groups (broad SMARTS) is 1. The number of carboxylic acids is 1. The van der Waals surface area contributed by atoms with E-state index < -0.39 is 42.3 Å². The Morgan fingerprint density at radius 3 is 2.29 bits per heavy atom. The van der Waals surface area contributed by atoms with Crippen molar-refractivity contribution in [1.82, 2.24) is 4.72 Å². The van der Waals surface area contributed by atoms with Crippen LogP contribution in [0.4, 0.5) is 10.1 Å². The first-order valence-corrected chi connectivity index (χ1v) is 10.1. The maximum atomic E-state index is 13.9. The molecule has 1 rings (SSSR count). The van der Waals surface area contributed by atoms with Gasteiger partial charge in [-0.05, 0) is 38.5 Å². The fourth-order valence-electron chi connectivity index (χ4n) is 1.84. The van der Waals surface area contributed by atoms with Gasteiger partial charge in [-0.1, -0.05) is 0 Å². The quantitative estimate of drug-likeness (QED) is 0.618. The second-order valence-electron chi connectivity index (χ2n) is 5.90. The third-order valence-electron chi connectivity index (χ3n) is 2.92. The molecule has 0 heterocycles. The molecule has 0 atom stereocenters. The second kappa shape index (κ2) is 7.03. The van der Waals surface area contributed by atoms with Gasteiger partial charge in [0.1, 0.15) is 5.82 Å².